The third-order valence-electron chi connectivity index (χ3n) is 2.42. The van der Waals surface area contributed by atoms with Gasteiger partial charge in [0.1, 0.15) is 12.2 Å². The van der Waals surface area contributed by atoms with E-state index in [1.165, 1.54) is 6.33 Å². The molecule has 0 saturated heterocycles. The van der Waals surface area contributed by atoms with Crippen molar-refractivity contribution in [2.45, 2.75) is 39.8 Å². The zero-order valence-corrected chi connectivity index (χ0v) is 10.1. The van der Waals surface area contributed by atoms with E-state index in [4.69, 9.17) is 5.73 Å². The maximum Gasteiger partial charge on any atom is 0.238 e. The second-order valence-electron chi connectivity index (χ2n) is 4.94. The van der Waals surface area contributed by atoms with Crippen LogP contribution >= 0.6 is 0 Å². The third-order valence-corrected chi connectivity index (χ3v) is 2.42. The lowest BCUT2D eigenvalue weighted by molar-refractivity contribution is -0.125. The van der Waals surface area contributed by atoms with E-state index in [9.17, 15) is 4.79 Å². The molecule has 1 aromatic heterocycles. The number of amides is 1. The standard InChI is InChI=1S/C10H19N5O/c1-6(8-12-5-13-15-8)14-9(16)7(11)10(2,3)4/h5-7H,11H2,1-4H3,(H,14,16)(H,12,13,15)/t6?,7-/m0/s1. The Kier molecular flexibility index (Phi) is 3.64. The van der Waals surface area contributed by atoms with Crippen molar-refractivity contribution in [2.75, 3.05) is 0 Å². The molecule has 0 radical (unpaired) electrons. The molecule has 0 spiro atoms. The van der Waals surface area contributed by atoms with E-state index in [-0.39, 0.29) is 17.4 Å². The van der Waals surface area contributed by atoms with Gasteiger partial charge in [-0.3, -0.25) is 9.89 Å². The van der Waals surface area contributed by atoms with Crippen molar-refractivity contribution in [3.8, 4) is 0 Å². The fraction of sp³-hybridized carbons (Fsp3) is 0.700. The van der Waals surface area contributed by atoms with Crippen molar-refractivity contribution < 1.29 is 4.79 Å². The van der Waals surface area contributed by atoms with E-state index in [2.05, 4.69) is 20.5 Å². The molecule has 4 N–H and O–H groups in total. The number of carbonyl (C=O) groups is 1. The van der Waals surface area contributed by atoms with Gasteiger partial charge in [-0.15, -0.1) is 0 Å². The van der Waals surface area contributed by atoms with Crippen molar-refractivity contribution in [1.82, 2.24) is 20.5 Å². The molecule has 1 rings (SSSR count). The highest BCUT2D eigenvalue weighted by atomic mass is 16.2. The molecule has 6 heteroatoms. The van der Waals surface area contributed by atoms with Crippen LogP contribution in [0.4, 0.5) is 0 Å². The first-order chi connectivity index (χ1) is 7.32. The van der Waals surface area contributed by atoms with Crippen molar-refractivity contribution in [3.05, 3.63) is 12.2 Å². The van der Waals surface area contributed by atoms with E-state index < -0.39 is 6.04 Å². The van der Waals surface area contributed by atoms with E-state index >= 15 is 0 Å². The van der Waals surface area contributed by atoms with Gasteiger partial charge in [0.2, 0.25) is 5.91 Å². The predicted molar refractivity (Wildman–Crippen MR) is 60.4 cm³/mol. The van der Waals surface area contributed by atoms with Gasteiger partial charge < -0.3 is 11.1 Å². The molecular weight excluding hydrogens is 206 g/mol. The summed E-state index contributed by atoms with van der Waals surface area (Å²) in [6, 6.07) is -0.763. The minimum atomic E-state index is -0.544. The number of rotatable bonds is 3. The van der Waals surface area contributed by atoms with Gasteiger partial charge in [0.25, 0.3) is 0 Å². The fourth-order valence-corrected chi connectivity index (χ4v) is 1.19. The molecule has 6 nitrogen and oxygen atoms in total. The van der Waals surface area contributed by atoms with Crippen LogP contribution < -0.4 is 11.1 Å². The van der Waals surface area contributed by atoms with E-state index in [0.717, 1.165) is 0 Å². The predicted octanol–water partition coefficient (Wildman–Crippen LogP) is 0.355. The highest BCUT2D eigenvalue weighted by molar-refractivity contribution is 5.82. The number of carbonyl (C=O) groups excluding carboxylic acids is 1. The number of nitrogens with one attached hydrogen (secondary N) is 2. The van der Waals surface area contributed by atoms with Crippen molar-refractivity contribution in [1.29, 1.82) is 0 Å². The minimum absolute atomic E-state index is 0.184. The molecule has 1 heterocycles. The van der Waals surface area contributed by atoms with Gasteiger partial charge in [-0.05, 0) is 12.3 Å². The van der Waals surface area contributed by atoms with Gasteiger partial charge in [0.05, 0.1) is 12.1 Å². The van der Waals surface area contributed by atoms with Crippen LogP contribution in [0, 0.1) is 5.41 Å². The Balaban J connectivity index is 2.59. The smallest absolute Gasteiger partial charge is 0.238 e. The number of aromatic amines is 1. The number of hydrogen-bond donors (Lipinski definition) is 3. The second-order valence-corrected chi connectivity index (χ2v) is 4.94. The molecular formula is C10H19N5O. The highest BCUT2D eigenvalue weighted by Crippen LogP contribution is 2.18. The average molecular weight is 225 g/mol. The summed E-state index contributed by atoms with van der Waals surface area (Å²) in [6.45, 7) is 7.61. The Morgan fingerprint density at radius 1 is 1.56 bits per heavy atom. The lowest BCUT2D eigenvalue weighted by Gasteiger charge is -2.26. The van der Waals surface area contributed by atoms with Gasteiger partial charge >= 0.3 is 0 Å². The monoisotopic (exact) mass is 225 g/mol. The second kappa shape index (κ2) is 4.61. The van der Waals surface area contributed by atoms with Gasteiger partial charge in [-0.2, -0.15) is 5.10 Å². The third kappa shape index (κ3) is 3.03. The zero-order chi connectivity index (χ0) is 12.3. The number of nitrogens with zero attached hydrogens (tertiary/aromatic N) is 2. The Labute approximate surface area is 95.0 Å². The van der Waals surface area contributed by atoms with Crippen LogP contribution in [0.2, 0.25) is 0 Å². The van der Waals surface area contributed by atoms with Gasteiger partial charge in [-0.25, -0.2) is 4.98 Å². The van der Waals surface area contributed by atoms with E-state index in [0.29, 0.717) is 5.82 Å². The van der Waals surface area contributed by atoms with Crippen molar-refractivity contribution in [2.24, 2.45) is 11.1 Å². The Morgan fingerprint density at radius 2 is 2.19 bits per heavy atom. The average Bonchev–Trinajstić information content (AvgIpc) is 2.67. The molecule has 0 fully saturated rings. The van der Waals surface area contributed by atoms with E-state index in [1.807, 2.05) is 27.7 Å². The Hall–Kier alpha value is -1.43. The number of nitrogens with two attached hydrogens (primary N) is 1. The lowest BCUT2D eigenvalue weighted by atomic mass is 9.87. The summed E-state index contributed by atoms with van der Waals surface area (Å²) >= 11 is 0. The maximum atomic E-state index is 11.8. The SMILES string of the molecule is CC(NC(=O)[C@H](N)C(C)(C)C)c1ncn[nH]1. The van der Waals surface area contributed by atoms with Crippen LogP contribution in [0.1, 0.15) is 39.6 Å². The molecule has 1 amide bonds. The fourth-order valence-electron chi connectivity index (χ4n) is 1.19. The molecule has 0 bridgehead atoms. The van der Waals surface area contributed by atoms with Gasteiger partial charge in [-0.1, -0.05) is 20.8 Å². The topological polar surface area (TPSA) is 96.7 Å². The molecule has 2 atom stereocenters. The van der Waals surface area contributed by atoms with Crippen LogP contribution in [0.25, 0.3) is 0 Å². The van der Waals surface area contributed by atoms with Crippen LogP contribution in [-0.2, 0) is 4.79 Å². The summed E-state index contributed by atoms with van der Waals surface area (Å²) in [6.07, 6.45) is 1.40. The first kappa shape index (κ1) is 12.6. The van der Waals surface area contributed by atoms with Crippen molar-refractivity contribution in [3.63, 3.8) is 0 Å². The molecule has 90 valence electrons. The van der Waals surface area contributed by atoms with Crippen molar-refractivity contribution >= 4 is 5.91 Å². The first-order valence-electron chi connectivity index (χ1n) is 5.23. The van der Waals surface area contributed by atoms with E-state index in [1.54, 1.807) is 0 Å². The normalized spacial score (nSPS) is 15.6. The molecule has 0 aliphatic rings. The molecule has 1 unspecified atom stereocenters. The van der Waals surface area contributed by atoms with Crippen LogP contribution in [-0.4, -0.2) is 27.1 Å². The highest BCUT2D eigenvalue weighted by Gasteiger charge is 2.28. The molecule has 0 saturated carbocycles. The Bertz CT molecular complexity index is 341. The quantitative estimate of drug-likeness (QED) is 0.691. The molecule has 0 aromatic carbocycles. The minimum Gasteiger partial charge on any atom is -0.345 e. The molecule has 16 heavy (non-hydrogen) atoms. The van der Waals surface area contributed by atoms with Gasteiger partial charge in [0.15, 0.2) is 0 Å². The first-order valence-corrected chi connectivity index (χ1v) is 5.23. The lowest BCUT2D eigenvalue weighted by Crippen LogP contribution is -2.49. The molecule has 1 aromatic rings. The maximum absolute atomic E-state index is 11.8. The largest absolute Gasteiger partial charge is 0.345 e. The summed E-state index contributed by atoms with van der Waals surface area (Å²) in [5.41, 5.74) is 5.58. The summed E-state index contributed by atoms with van der Waals surface area (Å²) in [5.74, 6) is 0.436. The summed E-state index contributed by atoms with van der Waals surface area (Å²) in [5, 5.41) is 9.22. The van der Waals surface area contributed by atoms with Gasteiger partial charge in [0, 0.05) is 0 Å². The summed E-state index contributed by atoms with van der Waals surface area (Å²) in [4.78, 5) is 15.8. The van der Waals surface area contributed by atoms with Crippen LogP contribution in [0.15, 0.2) is 6.33 Å². The molecule has 0 aliphatic carbocycles. The number of aromatic nitrogens is 3. The zero-order valence-electron chi connectivity index (χ0n) is 10.1. The van der Waals surface area contributed by atoms with Crippen LogP contribution in [0.3, 0.4) is 0 Å². The van der Waals surface area contributed by atoms with Crippen LogP contribution in [0.5, 0.6) is 0 Å². The summed E-state index contributed by atoms with van der Waals surface area (Å²) in [7, 11) is 0. The molecule has 0 aliphatic heterocycles. The summed E-state index contributed by atoms with van der Waals surface area (Å²) < 4.78 is 0. The Morgan fingerprint density at radius 3 is 2.62 bits per heavy atom. The number of H-pyrrole nitrogens is 1. The number of hydrogen-bond acceptors (Lipinski definition) is 4.